The highest BCUT2D eigenvalue weighted by Crippen LogP contribution is 2.33. The summed E-state index contributed by atoms with van der Waals surface area (Å²) in [6.45, 7) is 7.02. The maximum absolute atomic E-state index is 11.9. The van der Waals surface area contributed by atoms with E-state index in [4.69, 9.17) is 0 Å². The molecule has 0 aromatic carbocycles. The molecule has 0 amide bonds. The minimum absolute atomic E-state index is 0.147. The molecule has 1 aromatic heterocycles. The van der Waals surface area contributed by atoms with Crippen molar-refractivity contribution in [2.45, 2.75) is 39.3 Å². The average molecular weight is 223 g/mol. The molecular weight excluding hydrogens is 202 g/mol. The van der Waals surface area contributed by atoms with Crippen LogP contribution in [0, 0.1) is 5.92 Å². The first-order chi connectivity index (χ1) is 7.68. The van der Waals surface area contributed by atoms with Crippen LogP contribution in [0.1, 0.15) is 32.7 Å². The van der Waals surface area contributed by atoms with Gasteiger partial charge in [0.05, 0.1) is 0 Å². The maximum Gasteiger partial charge on any atom is 0.328 e. The summed E-state index contributed by atoms with van der Waals surface area (Å²) in [5.74, 6) is 0.660. The lowest BCUT2D eigenvalue weighted by Crippen LogP contribution is -2.29. The molecule has 0 atom stereocenters. The molecular formula is C12H21N3O. The van der Waals surface area contributed by atoms with E-state index < -0.39 is 0 Å². The SMILES string of the molecule is CC(C)CNCCn1ccn(C2CC2)c1=O. The molecule has 0 unspecified atom stereocenters. The summed E-state index contributed by atoms with van der Waals surface area (Å²) >= 11 is 0. The van der Waals surface area contributed by atoms with E-state index in [2.05, 4.69) is 19.2 Å². The highest BCUT2D eigenvalue weighted by molar-refractivity contribution is 4.91. The van der Waals surface area contributed by atoms with Crippen molar-refractivity contribution in [3.8, 4) is 0 Å². The van der Waals surface area contributed by atoms with Gasteiger partial charge in [0.25, 0.3) is 0 Å². The summed E-state index contributed by atoms with van der Waals surface area (Å²) in [6, 6.07) is 0.484. The lowest BCUT2D eigenvalue weighted by molar-refractivity contribution is 0.515. The van der Waals surface area contributed by atoms with Crippen molar-refractivity contribution in [2.75, 3.05) is 13.1 Å². The summed E-state index contributed by atoms with van der Waals surface area (Å²) in [6.07, 6.45) is 6.14. The van der Waals surface area contributed by atoms with Crippen LogP contribution in [0.5, 0.6) is 0 Å². The normalized spacial score (nSPS) is 15.9. The first-order valence-corrected chi connectivity index (χ1v) is 6.16. The molecule has 0 saturated heterocycles. The van der Waals surface area contributed by atoms with Gasteiger partial charge in [-0.15, -0.1) is 0 Å². The number of rotatable bonds is 6. The third-order valence-electron chi connectivity index (χ3n) is 2.90. The third-order valence-corrected chi connectivity index (χ3v) is 2.90. The summed E-state index contributed by atoms with van der Waals surface area (Å²) in [5.41, 5.74) is 0.147. The fraction of sp³-hybridized carbons (Fsp3) is 0.750. The smallest absolute Gasteiger partial charge is 0.315 e. The molecule has 1 fully saturated rings. The van der Waals surface area contributed by atoms with E-state index in [0.717, 1.165) is 32.5 Å². The highest BCUT2D eigenvalue weighted by Gasteiger charge is 2.25. The van der Waals surface area contributed by atoms with Crippen molar-refractivity contribution in [2.24, 2.45) is 5.92 Å². The van der Waals surface area contributed by atoms with E-state index in [1.807, 2.05) is 17.0 Å². The second-order valence-corrected chi connectivity index (χ2v) is 5.01. The Kier molecular flexibility index (Phi) is 3.49. The zero-order chi connectivity index (χ0) is 11.5. The molecule has 1 aliphatic carbocycles. The van der Waals surface area contributed by atoms with E-state index in [-0.39, 0.29) is 5.69 Å². The predicted molar refractivity (Wildman–Crippen MR) is 64.7 cm³/mol. The Bertz CT molecular complexity index is 387. The first-order valence-electron chi connectivity index (χ1n) is 6.16. The number of hydrogen-bond donors (Lipinski definition) is 1. The minimum atomic E-state index is 0.147. The Morgan fingerprint density at radius 1 is 1.44 bits per heavy atom. The molecule has 4 nitrogen and oxygen atoms in total. The number of hydrogen-bond acceptors (Lipinski definition) is 2. The van der Waals surface area contributed by atoms with E-state index in [1.165, 1.54) is 0 Å². The molecule has 0 spiro atoms. The fourth-order valence-corrected chi connectivity index (χ4v) is 1.82. The minimum Gasteiger partial charge on any atom is -0.315 e. The molecule has 2 rings (SSSR count). The van der Waals surface area contributed by atoms with Crippen molar-refractivity contribution >= 4 is 0 Å². The van der Waals surface area contributed by atoms with Crippen LogP contribution in [0.15, 0.2) is 17.2 Å². The van der Waals surface area contributed by atoms with Crippen LogP contribution in [-0.2, 0) is 6.54 Å². The fourth-order valence-electron chi connectivity index (χ4n) is 1.82. The Labute approximate surface area is 96.3 Å². The van der Waals surface area contributed by atoms with Gasteiger partial charge in [0.2, 0.25) is 0 Å². The summed E-state index contributed by atoms with van der Waals surface area (Å²) < 4.78 is 3.66. The van der Waals surface area contributed by atoms with Gasteiger partial charge in [-0.1, -0.05) is 13.8 Å². The summed E-state index contributed by atoms with van der Waals surface area (Å²) in [4.78, 5) is 11.9. The van der Waals surface area contributed by atoms with Crippen LogP contribution in [0.3, 0.4) is 0 Å². The summed E-state index contributed by atoms with van der Waals surface area (Å²) in [5, 5.41) is 3.35. The highest BCUT2D eigenvalue weighted by atomic mass is 16.1. The van der Waals surface area contributed by atoms with Crippen molar-refractivity contribution in [1.29, 1.82) is 0 Å². The molecule has 1 saturated carbocycles. The van der Waals surface area contributed by atoms with Crippen LogP contribution in [0.4, 0.5) is 0 Å². The summed E-state index contributed by atoms with van der Waals surface area (Å²) in [7, 11) is 0. The van der Waals surface area contributed by atoms with Crippen LogP contribution in [-0.4, -0.2) is 22.2 Å². The average Bonchev–Trinajstić information content (AvgIpc) is 3.00. The molecule has 0 bridgehead atoms. The molecule has 1 aromatic rings. The van der Waals surface area contributed by atoms with E-state index in [9.17, 15) is 4.79 Å². The lowest BCUT2D eigenvalue weighted by Gasteiger charge is -2.07. The second kappa shape index (κ2) is 4.87. The zero-order valence-electron chi connectivity index (χ0n) is 10.1. The molecule has 1 heterocycles. The quantitative estimate of drug-likeness (QED) is 0.737. The molecule has 4 heteroatoms. The molecule has 90 valence electrons. The molecule has 16 heavy (non-hydrogen) atoms. The van der Waals surface area contributed by atoms with Gasteiger partial charge in [-0.05, 0) is 25.3 Å². The number of nitrogens with one attached hydrogen (secondary N) is 1. The Morgan fingerprint density at radius 3 is 2.81 bits per heavy atom. The van der Waals surface area contributed by atoms with Crippen LogP contribution in [0.25, 0.3) is 0 Å². The monoisotopic (exact) mass is 223 g/mol. The van der Waals surface area contributed by atoms with Gasteiger partial charge in [-0.3, -0.25) is 9.13 Å². The topological polar surface area (TPSA) is 39.0 Å². The Balaban J connectivity index is 1.83. The Hall–Kier alpha value is -1.03. The second-order valence-electron chi connectivity index (χ2n) is 5.01. The van der Waals surface area contributed by atoms with Gasteiger partial charge in [0, 0.05) is 31.5 Å². The van der Waals surface area contributed by atoms with Gasteiger partial charge < -0.3 is 5.32 Å². The maximum atomic E-state index is 11.9. The molecule has 0 radical (unpaired) electrons. The van der Waals surface area contributed by atoms with Crippen LogP contribution < -0.4 is 11.0 Å². The van der Waals surface area contributed by atoms with E-state index in [0.29, 0.717) is 12.0 Å². The van der Waals surface area contributed by atoms with Crippen LogP contribution in [0.2, 0.25) is 0 Å². The van der Waals surface area contributed by atoms with Gasteiger partial charge in [0.1, 0.15) is 0 Å². The van der Waals surface area contributed by atoms with Gasteiger partial charge in [0.15, 0.2) is 0 Å². The molecule has 1 aliphatic rings. The number of aromatic nitrogens is 2. The zero-order valence-corrected chi connectivity index (χ0v) is 10.1. The van der Waals surface area contributed by atoms with Crippen molar-refractivity contribution in [1.82, 2.24) is 14.5 Å². The number of nitrogens with zero attached hydrogens (tertiary/aromatic N) is 2. The van der Waals surface area contributed by atoms with E-state index >= 15 is 0 Å². The molecule has 0 aliphatic heterocycles. The number of imidazole rings is 1. The largest absolute Gasteiger partial charge is 0.328 e. The van der Waals surface area contributed by atoms with E-state index in [1.54, 1.807) is 4.57 Å². The van der Waals surface area contributed by atoms with Crippen molar-refractivity contribution in [3.63, 3.8) is 0 Å². The Morgan fingerprint density at radius 2 is 2.19 bits per heavy atom. The van der Waals surface area contributed by atoms with Crippen molar-refractivity contribution < 1.29 is 0 Å². The predicted octanol–water partition coefficient (Wildman–Crippen LogP) is 1.23. The third kappa shape index (κ3) is 2.76. The molecule has 1 N–H and O–H groups in total. The van der Waals surface area contributed by atoms with Gasteiger partial charge >= 0.3 is 5.69 Å². The first kappa shape index (κ1) is 11.5. The van der Waals surface area contributed by atoms with Gasteiger partial charge in [-0.2, -0.15) is 0 Å². The van der Waals surface area contributed by atoms with Crippen molar-refractivity contribution in [3.05, 3.63) is 22.9 Å². The lowest BCUT2D eigenvalue weighted by atomic mass is 10.2. The van der Waals surface area contributed by atoms with Gasteiger partial charge in [-0.25, -0.2) is 4.79 Å². The standard InChI is InChI=1S/C12H21N3O/c1-10(2)9-13-5-6-14-7-8-15(12(14)16)11-3-4-11/h7-8,10-11,13H,3-6,9H2,1-2H3. The van der Waals surface area contributed by atoms with Crippen LogP contribution >= 0.6 is 0 Å².